The Morgan fingerprint density at radius 1 is 1.16 bits per heavy atom. The highest BCUT2D eigenvalue weighted by Crippen LogP contribution is 2.12. The zero-order valence-electron chi connectivity index (χ0n) is 14.5. The molecular weight excluding hydrogens is 332 g/mol. The molecule has 0 bridgehead atoms. The van der Waals surface area contributed by atoms with E-state index in [1.54, 1.807) is 17.6 Å². The summed E-state index contributed by atoms with van der Waals surface area (Å²) >= 11 is 1.62. The molecule has 25 heavy (non-hydrogen) atoms. The zero-order chi connectivity index (χ0) is 17.5. The van der Waals surface area contributed by atoms with Crippen molar-refractivity contribution in [2.24, 2.45) is 5.10 Å². The lowest BCUT2D eigenvalue weighted by Gasteiger charge is -2.34. The molecule has 3 rings (SSSR count). The van der Waals surface area contributed by atoms with Gasteiger partial charge in [-0.1, -0.05) is 30.3 Å². The summed E-state index contributed by atoms with van der Waals surface area (Å²) in [4.78, 5) is 17.7. The van der Waals surface area contributed by atoms with Crippen molar-refractivity contribution in [2.45, 2.75) is 13.5 Å². The van der Waals surface area contributed by atoms with Gasteiger partial charge in [0, 0.05) is 37.6 Å². The minimum atomic E-state index is -0.0537. The molecule has 1 saturated heterocycles. The van der Waals surface area contributed by atoms with Crippen LogP contribution in [0.2, 0.25) is 0 Å². The van der Waals surface area contributed by atoms with Crippen molar-refractivity contribution in [3.63, 3.8) is 0 Å². The number of hydrogen-bond acceptors (Lipinski definition) is 5. The summed E-state index contributed by atoms with van der Waals surface area (Å²) in [6.07, 6.45) is 1.72. The predicted octanol–water partition coefficient (Wildman–Crippen LogP) is 2.32. The Hall–Kier alpha value is -2.02. The van der Waals surface area contributed by atoms with Crippen LogP contribution in [0.15, 0.2) is 46.9 Å². The number of nitrogens with zero attached hydrogens (tertiary/aromatic N) is 3. The van der Waals surface area contributed by atoms with Crippen molar-refractivity contribution in [3.8, 4) is 0 Å². The number of carbonyl (C=O) groups excluding carboxylic acids is 1. The molecule has 2 heterocycles. The number of benzene rings is 1. The molecule has 1 N–H and O–H groups in total. The van der Waals surface area contributed by atoms with E-state index < -0.39 is 0 Å². The minimum Gasteiger partial charge on any atom is -0.297 e. The molecule has 1 fully saturated rings. The third kappa shape index (κ3) is 5.49. The average Bonchev–Trinajstić information content (AvgIpc) is 3.03. The molecule has 6 heteroatoms. The van der Waals surface area contributed by atoms with E-state index in [0.29, 0.717) is 6.54 Å². The number of aryl methyl sites for hydroxylation is 1. The van der Waals surface area contributed by atoms with Crippen LogP contribution < -0.4 is 5.43 Å². The summed E-state index contributed by atoms with van der Waals surface area (Å²) < 4.78 is 0. The topological polar surface area (TPSA) is 47.9 Å². The van der Waals surface area contributed by atoms with Crippen molar-refractivity contribution in [1.82, 2.24) is 15.2 Å². The maximum Gasteiger partial charge on any atom is 0.254 e. The molecule has 1 aromatic carbocycles. The second-order valence-electron chi connectivity index (χ2n) is 6.30. The fourth-order valence-corrected chi connectivity index (χ4v) is 3.65. The number of nitrogens with one attached hydrogen (secondary N) is 1. The highest BCUT2D eigenvalue weighted by Gasteiger charge is 2.18. The lowest BCUT2D eigenvalue weighted by Crippen LogP contribution is -2.48. The number of carbonyl (C=O) groups is 1. The second kappa shape index (κ2) is 8.89. The lowest BCUT2D eigenvalue weighted by atomic mass is 10.2. The number of hydrazone groups is 1. The van der Waals surface area contributed by atoms with E-state index >= 15 is 0 Å². The molecule has 0 aliphatic carbocycles. The van der Waals surface area contributed by atoms with Crippen molar-refractivity contribution in [2.75, 3.05) is 32.7 Å². The molecule has 5 nitrogen and oxygen atoms in total. The van der Waals surface area contributed by atoms with Crippen LogP contribution in [0.25, 0.3) is 0 Å². The number of rotatable bonds is 6. The van der Waals surface area contributed by atoms with Crippen LogP contribution in [0, 0.1) is 6.92 Å². The fraction of sp³-hybridized carbons (Fsp3) is 0.368. The molecular formula is C19H24N4OS. The first kappa shape index (κ1) is 17.8. The van der Waals surface area contributed by atoms with Crippen molar-refractivity contribution >= 4 is 23.5 Å². The van der Waals surface area contributed by atoms with Crippen LogP contribution in [0.4, 0.5) is 0 Å². The van der Waals surface area contributed by atoms with E-state index in [9.17, 15) is 4.79 Å². The van der Waals surface area contributed by atoms with Crippen LogP contribution >= 0.6 is 11.3 Å². The molecule has 1 aromatic heterocycles. The number of thiophene rings is 1. The summed E-state index contributed by atoms with van der Waals surface area (Å²) in [7, 11) is 0. The first-order valence-corrected chi connectivity index (χ1v) is 9.43. The molecule has 0 unspecified atom stereocenters. The van der Waals surface area contributed by atoms with Gasteiger partial charge in [-0.2, -0.15) is 5.10 Å². The van der Waals surface area contributed by atoms with Gasteiger partial charge in [0.2, 0.25) is 0 Å². The maximum atomic E-state index is 12.0. The first-order valence-electron chi connectivity index (χ1n) is 8.55. The van der Waals surface area contributed by atoms with Gasteiger partial charge in [0.25, 0.3) is 5.91 Å². The van der Waals surface area contributed by atoms with E-state index in [1.165, 1.54) is 11.1 Å². The molecule has 0 saturated carbocycles. The largest absolute Gasteiger partial charge is 0.297 e. The van der Waals surface area contributed by atoms with Gasteiger partial charge in [0.1, 0.15) is 0 Å². The molecule has 0 atom stereocenters. The van der Waals surface area contributed by atoms with Crippen molar-refractivity contribution in [3.05, 3.63) is 57.8 Å². The van der Waals surface area contributed by atoms with Crippen LogP contribution in [0.3, 0.4) is 0 Å². The lowest BCUT2D eigenvalue weighted by molar-refractivity contribution is -0.122. The van der Waals surface area contributed by atoms with Crippen molar-refractivity contribution in [1.29, 1.82) is 0 Å². The zero-order valence-corrected chi connectivity index (χ0v) is 15.3. The standard InChI is InChI=1S/C19H24N4OS/c1-16-7-12-25-18(16)13-20-21-19(24)15-23-10-8-22(9-11-23)14-17-5-3-2-4-6-17/h2-7,12-13H,8-11,14-15H2,1H3,(H,21,24)/b20-13-. The Bertz CT molecular complexity index is 705. The summed E-state index contributed by atoms with van der Waals surface area (Å²) in [6, 6.07) is 12.6. The molecule has 132 valence electrons. The Morgan fingerprint density at radius 2 is 1.88 bits per heavy atom. The van der Waals surface area contributed by atoms with Crippen molar-refractivity contribution < 1.29 is 4.79 Å². The van der Waals surface area contributed by atoms with Gasteiger partial charge >= 0.3 is 0 Å². The first-order chi connectivity index (χ1) is 12.2. The maximum absolute atomic E-state index is 12.0. The molecule has 1 aliphatic rings. The monoisotopic (exact) mass is 356 g/mol. The highest BCUT2D eigenvalue weighted by molar-refractivity contribution is 7.11. The smallest absolute Gasteiger partial charge is 0.254 e. The number of piperazine rings is 1. The third-order valence-electron chi connectivity index (χ3n) is 4.35. The van der Waals surface area contributed by atoms with Gasteiger partial charge in [0.05, 0.1) is 12.8 Å². The third-order valence-corrected chi connectivity index (χ3v) is 5.31. The van der Waals surface area contributed by atoms with E-state index in [0.717, 1.165) is 37.6 Å². The summed E-state index contributed by atoms with van der Waals surface area (Å²) in [5.41, 5.74) is 5.15. The summed E-state index contributed by atoms with van der Waals surface area (Å²) in [5, 5.41) is 6.08. The van der Waals surface area contributed by atoms with Gasteiger partial charge in [-0.3, -0.25) is 14.6 Å². The van der Waals surface area contributed by atoms with Crippen LogP contribution in [0.1, 0.15) is 16.0 Å². The molecule has 1 amide bonds. The predicted molar refractivity (Wildman–Crippen MR) is 103 cm³/mol. The Morgan fingerprint density at radius 3 is 2.56 bits per heavy atom. The molecule has 0 spiro atoms. The quantitative estimate of drug-likeness (QED) is 0.638. The van der Waals surface area contributed by atoms with Crippen LogP contribution in [-0.2, 0) is 11.3 Å². The van der Waals surface area contributed by atoms with Gasteiger partial charge in [-0.15, -0.1) is 11.3 Å². The SMILES string of the molecule is Cc1ccsc1/C=N\NC(=O)CN1CCN(Cc2ccccc2)CC1. The van der Waals surface area contributed by atoms with Crippen LogP contribution in [0.5, 0.6) is 0 Å². The minimum absolute atomic E-state index is 0.0537. The fourth-order valence-electron chi connectivity index (χ4n) is 2.87. The average molecular weight is 356 g/mol. The number of amides is 1. The second-order valence-corrected chi connectivity index (χ2v) is 7.25. The molecule has 0 radical (unpaired) electrons. The highest BCUT2D eigenvalue weighted by atomic mass is 32.1. The van der Waals surface area contributed by atoms with E-state index in [1.807, 2.05) is 24.4 Å². The van der Waals surface area contributed by atoms with E-state index in [2.05, 4.69) is 44.6 Å². The summed E-state index contributed by atoms with van der Waals surface area (Å²) in [5.74, 6) is -0.0537. The Kier molecular flexibility index (Phi) is 6.33. The molecule has 1 aliphatic heterocycles. The molecule has 2 aromatic rings. The van der Waals surface area contributed by atoms with Gasteiger partial charge < -0.3 is 0 Å². The van der Waals surface area contributed by atoms with E-state index in [4.69, 9.17) is 0 Å². The van der Waals surface area contributed by atoms with E-state index in [-0.39, 0.29) is 5.91 Å². The van der Waals surface area contributed by atoms with Gasteiger partial charge in [-0.25, -0.2) is 5.43 Å². The van der Waals surface area contributed by atoms with Gasteiger partial charge in [0.15, 0.2) is 0 Å². The van der Waals surface area contributed by atoms with Crippen LogP contribution in [-0.4, -0.2) is 54.6 Å². The number of hydrogen-bond donors (Lipinski definition) is 1. The Labute approximate surface area is 153 Å². The summed E-state index contributed by atoms with van der Waals surface area (Å²) in [6.45, 7) is 7.21. The Balaban J connectivity index is 1.37. The normalized spacial score (nSPS) is 16.4. The van der Waals surface area contributed by atoms with Gasteiger partial charge in [-0.05, 0) is 29.5 Å².